The third-order valence-electron chi connectivity index (χ3n) is 3.44. The number of rotatable bonds is 8. The van der Waals surface area contributed by atoms with Gasteiger partial charge in [0.1, 0.15) is 5.82 Å². The molecule has 0 aliphatic heterocycles. The van der Waals surface area contributed by atoms with Crippen LogP contribution in [-0.4, -0.2) is 51.1 Å². The van der Waals surface area contributed by atoms with Gasteiger partial charge in [-0.1, -0.05) is 42.1 Å². The molecule has 0 unspecified atom stereocenters. The van der Waals surface area contributed by atoms with Crippen molar-refractivity contribution in [3.8, 4) is 0 Å². The van der Waals surface area contributed by atoms with E-state index in [1.807, 2.05) is 41.8 Å². The molecule has 2 rings (SSSR count). The number of carbonyl (C=O) groups excluding carboxylic acids is 3. The van der Waals surface area contributed by atoms with Gasteiger partial charge in [0.15, 0.2) is 11.8 Å². The van der Waals surface area contributed by atoms with Crippen molar-refractivity contribution in [2.45, 2.75) is 38.5 Å². The summed E-state index contributed by atoms with van der Waals surface area (Å²) in [6, 6.07) is 9.10. The van der Waals surface area contributed by atoms with Crippen LogP contribution in [0, 0.1) is 6.92 Å². The largest absolute Gasteiger partial charge is 0.455 e. The molecular weight excluding hydrogens is 382 g/mol. The number of nitrogens with zero attached hydrogens (tertiary/aromatic N) is 3. The fourth-order valence-electron chi connectivity index (χ4n) is 2.19. The zero-order chi connectivity index (χ0) is 20.5. The Kier molecular flexibility index (Phi) is 8.00. The number of aryl methyl sites for hydroxylation is 1. The summed E-state index contributed by atoms with van der Waals surface area (Å²) < 4.78 is 6.79. The lowest BCUT2D eigenvalue weighted by Crippen LogP contribution is -2.44. The molecule has 0 atom stereocenters. The first kappa shape index (κ1) is 21.4. The van der Waals surface area contributed by atoms with Crippen LogP contribution in [0.15, 0.2) is 35.5 Å². The van der Waals surface area contributed by atoms with E-state index >= 15 is 0 Å². The van der Waals surface area contributed by atoms with E-state index in [1.54, 1.807) is 13.8 Å². The Balaban J connectivity index is 1.80. The summed E-state index contributed by atoms with van der Waals surface area (Å²) in [5.41, 5.74) is 1.09. The molecule has 9 nitrogen and oxygen atoms in total. The van der Waals surface area contributed by atoms with E-state index in [-0.39, 0.29) is 11.8 Å². The van der Waals surface area contributed by atoms with Crippen molar-refractivity contribution in [3.63, 3.8) is 0 Å². The van der Waals surface area contributed by atoms with Crippen LogP contribution in [0.25, 0.3) is 0 Å². The third kappa shape index (κ3) is 7.03. The van der Waals surface area contributed by atoms with Gasteiger partial charge in [-0.2, -0.15) is 0 Å². The SMILES string of the molecule is Cc1nnc(SCC(=O)OCC(=O)NC(=O)NC(C)C)n1Cc1ccccc1. The van der Waals surface area contributed by atoms with Gasteiger partial charge in [0, 0.05) is 6.04 Å². The molecule has 0 radical (unpaired) electrons. The van der Waals surface area contributed by atoms with Crippen molar-refractivity contribution in [3.05, 3.63) is 41.7 Å². The van der Waals surface area contributed by atoms with Gasteiger partial charge in [-0.15, -0.1) is 10.2 Å². The van der Waals surface area contributed by atoms with Crippen LogP contribution in [0.4, 0.5) is 4.79 Å². The molecule has 1 heterocycles. The summed E-state index contributed by atoms with van der Waals surface area (Å²) in [7, 11) is 0. The standard InChI is InChI=1S/C18H23N5O4S/c1-12(2)19-17(26)20-15(24)10-27-16(25)11-28-18-22-21-13(3)23(18)9-14-7-5-4-6-8-14/h4-8,12H,9-11H2,1-3H3,(H2,19,20,24,26). The van der Waals surface area contributed by atoms with E-state index in [1.165, 1.54) is 11.8 Å². The van der Waals surface area contributed by atoms with Crippen molar-refractivity contribution in [1.29, 1.82) is 0 Å². The second kappa shape index (κ2) is 10.5. The number of benzene rings is 1. The number of carbonyl (C=O) groups is 3. The second-order valence-electron chi connectivity index (χ2n) is 6.23. The molecule has 2 N–H and O–H groups in total. The second-order valence-corrected chi connectivity index (χ2v) is 7.17. The fraction of sp³-hybridized carbons (Fsp3) is 0.389. The molecule has 0 bridgehead atoms. The third-order valence-corrected chi connectivity index (χ3v) is 4.38. The van der Waals surface area contributed by atoms with E-state index in [2.05, 4.69) is 20.8 Å². The van der Waals surface area contributed by atoms with Crippen LogP contribution in [0.5, 0.6) is 0 Å². The maximum Gasteiger partial charge on any atom is 0.321 e. The summed E-state index contributed by atoms with van der Waals surface area (Å²) in [5.74, 6) is -0.579. The molecule has 0 saturated carbocycles. The molecular formula is C18H23N5O4S. The number of hydrogen-bond donors (Lipinski definition) is 2. The molecule has 1 aromatic carbocycles. The smallest absolute Gasteiger partial charge is 0.321 e. The van der Waals surface area contributed by atoms with Crippen molar-refractivity contribution in [2.75, 3.05) is 12.4 Å². The Labute approximate surface area is 167 Å². The average Bonchev–Trinajstić information content (AvgIpc) is 2.98. The van der Waals surface area contributed by atoms with Crippen LogP contribution >= 0.6 is 11.8 Å². The van der Waals surface area contributed by atoms with Gasteiger partial charge in [0.2, 0.25) is 0 Å². The van der Waals surface area contributed by atoms with Crippen LogP contribution in [-0.2, 0) is 20.9 Å². The summed E-state index contributed by atoms with van der Waals surface area (Å²) in [5, 5.41) is 13.3. The fourth-order valence-corrected chi connectivity index (χ4v) is 2.97. The Morgan fingerprint density at radius 1 is 1.18 bits per heavy atom. The van der Waals surface area contributed by atoms with Gasteiger partial charge in [0.25, 0.3) is 5.91 Å². The van der Waals surface area contributed by atoms with E-state index in [0.717, 1.165) is 11.4 Å². The first-order valence-electron chi connectivity index (χ1n) is 8.67. The molecule has 0 aliphatic rings. The number of imide groups is 1. The number of thioether (sulfide) groups is 1. The summed E-state index contributed by atoms with van der Waals surface area (Å²) in [6.45, 7) is 5.43. The molecule has 1 aromatic heterocycles. The van der Waals surface area contributed by atoms with E-state index in [4.69, 9.17) is 4.74 Å². The van der Waals surface area contributed by atoms with Gasteiger partial charge in [0.05, 0.1) is 12.3 Å². The summed E-state index contributed by atoms with van der Waals surface area (Å²) >= 11 is 1.17. The van der Waals surface area contributed by atoms with Gasteiger partial charge in [-0.25, -0.2) is 4.79 Å². The number of esters is 1. The average molecular weight is 405 g/mol. The molecule has 2 aromatic rings. The van der Waals surface area contributed by atoms with E-state index in [0.29, 0.717) is 11.7 Å². The maximum absolute atomic E-state index is 11.9. The number of nitrogens with one attached hydrogen (secondary N) is 2. The highest BCUT2D eigenvalue weighted by Crippen LogP contribution is 2.18. The highest BCUT2D eigenvalue weighted by atomic mass is 32.2. The number of ether oxygens (including phenoxy) is 1. The highest BCUT2D eigenvalue weighted by molar-refractivity contribution is 7.99. The number of aromatic nitrogens is 3. The quantitative estimate of drug-likeness (QED) is 0.505. The van der Waals surface area contributed by atoms with Gasteiger partial charge < -0.3 is 14.6 Å². The first-order chi connectivity index (χ1) is 13.3. The zero-order valence-electron chi connectivity index (χ0n) is 16.0. The maximum atomic E-state index is 11.9. The van der Waals surface area contributed by atoms with Gasteiger partial charge in [-0.3, -0.25) is 14.9 Å². The Morgan fingerprint density at radius 3 is 2.57 bits per heavy atom. The minimum atomic E-state index is -0.695. The minimum absolute atomic E-state index is 0.0294. The monoisotopic (exact) mass is 405 g/mol. The highest BCUT2D eigenvalue weighted by Gasteiger charge is 2.15. The Morgan fingerprint density at radius 2 is 1.89 bits per heavy atom. The first-order valence-corrected chi connectivity index (χ1v) is 9.66. The van der Waals surface area contributed by atoms with Crippen molar-refractivity contribution >= 4 is 29.7 Å². The van der Waals surface area contributed by atoms with Crippen molar-refractivity contribution in [1.82, 2.24) is 25.4 Å². The van der Waals surface area contributed by atoms with Crippen molar-refractivity contribution in [2.24, 2.45) is 0 Å². The number of amides is 3. The molecule has 3 amide bonds. The van der Waals surface area contributed by atoms with Crippen LogP contribution in [0.1, 0.15) is 25.2 Å². The van der Waals surface area contributed by atoms with Crippen LogP contribution < -0.4 is 10.6 Å². The number of urea groups is 1. The summed E-state index contributed by atoms with van der Waals surface area (Å²) in [4.78, 5) is 34.9. The Hall–Kier alpha value is -2.88. The van der Waals surface area contributed by atoms with Crippen molar-refractivity contribution < 1.29 is 19.1 Å². The predicted octanol–water partition coefficient (Wildman–Crippen LogP) is 1.50. The molecule has 0 saturated heterocycles. The van der Waals surface area contributed by atoms with Crippen LogP contribution in [0.3, 0.4) is 0 Å². The predicted molar refractivity (Wildman–Crippen MR) is 104 cm³/mol. The lowest BCUT2D eigenvalue weighted by atomic mass is 10.2. The van der Waals surface area contributed by atoms with E-state index in [9.17, 15) is 14.4 Å². The lowest BCUT2D eigenvalue weighted by Gasteiger charge is -2.10. The molecule has 28 heavy (non-hydrogen) atoms. The zero-order valence-corrected chi connectivity index (χ0v) is 16.8. The molecule has 0 spiro atoms. The number of hydrogen-bond acceptors (Lipinski definition) is 7. The normalized spacial score (nSPS) is 10.6. The van der Waals surface area contributed by atoms with Crippen LogP contribution in [0.2, 0.25) is 0 Å². The van der Waals surface area contributed by atoms with E-state index < -0.39 is 24.5 Å². The Bertz CT molecular complexity index is 823. The lowest BCUT2D eigenvalue weighted by molar-refractivity contribution is -0.145. The molecule has 0 fully saturated rings. The minimum Gasteiger partial charge on any atom is -0.455 e. The van der Waals surface area contributed by atoms with Gasteiger partial charge in [-0.05, 0) is 26.3 Å². The molecule has 0 aliphatic carbocycles. The topological polar surface area (TPSA) is 115 Å². The molecule has 10 heteroatoms. The summed E-state index contributed by atoms with van der Waals surface area (Å²) in [6.07, 6.45) is 0. The van der Waals surface area contributed by atoms with Gasteiger partial charge >= 0.3 is 12.0 Å². The molecule has 150 valence electrons.